The lowest BCUT2D eigenvalue weighted by Crippen LogP contribution is -2.20. The molecule has 0 aliphatic rings. The summed E-state index contributed by atoms with van der Waals surface area (Å²) in [6, 6.07) is 15.4. The topological polar surface area (TPSA) is 120 Å². The fourth-order valence-electron chi connectivity index (χ4n) is 3.18. The van der Waals surface area contributed by atoms with E-state index in [1.165, 1.54) is 36.1 Å². The lowest BCUT2D eigenvalue weighted by atomic mass is 10.1. The van der Waals surface area contributed by atoms with Crippen LogP contribution in [0.2, 0.25) is 0 Å². The second-order valence-electron chi connectivity index (χ2n) is 6.84. The number of nitro benzene ring substituents is 1. The minimum absolute atomic E-state index is 0.0861. The number of nitro groups is 1. The van der Waals surface area contributed by atoms with Crippen LogP contribution < -0.4 is 5.56 Å². The molecule has 31 heavy (non-hydrogen) atoms. The summed E-state index contributed by atoms with van der Waals surface area (Å²) in [5.41, 5.74) is 2.21. The van der Waals surface area contributed by atoms with Crippen LogP contribution in [0.5, 0.6) is 0 Å². The number of benzene rings is 2. The molecule has 0 fully saturated rings. The van der Waals surface area contributed by atoms with Gasteiger partial charge in [0, 0.05) is 24.4 Å². The molecular weight excluding hydrogens is 400 g/mol. The summed E-state index contributed by atoms with van der Waals surface area (Å²) in [7, 11) is 1.27. The Kier molecular flexibility index (Phi) is 6.76. The Balaban J connectivity index is 1.95. The zero-order valence-electron chi connectivity index (χ0n) is 17.2. The fourth-order valence-corrected chi connectivity index (χ4v) is 3.18. The van der Waals surface area contributed by atoms with Crippen LogP contribution >= 0.6 is 0 Å². The van der Waals surface area contributed by atoms with Gasteiger partial charge in [0.05, 0.1) is 35.4 Å². The highest BCUT2D eigenvalue weighted by Crippen LogP contribution is 2.15. The molecule has 0 saturated heterocycles. The number of esters is 1. The van der Waals surface area contributed by atoms with Crippen molar-refractivity contribution in [1.29, 1.82) is 0 Å². The van der Waals surface area contributed by atoms with Crippen molar-refractivity contribution in [2.24, 2.45) is 4.99 Å². The van der Waals surface area contributed by atoms with Gasteiger partial charge in [-0.15, -0.1) is 0 Å². The van der Waals surface area contributed by atoms with Crippen LogP contribution in [0.4, 0.5) is 5.69 Å². The molecule has 0 bridgehead atoms. The molecule has 0 spiro atoms. The fraction of sp³-hybridized carbons (Fsp3) is 0.227. The first-order valence-electron chi connectivity index (χ1n) is 9.61. The molecule has 1 heterocycles. The van der Waals surface area contributed by atoms with Crippen LogP contribution in [0.1, 0.15) is 23.7 Å². The minimum Gasteiger partial charge on any atom is -0.469 e. The number of ether oxygens (including phenoxy) is 1. The number of hydrogen-bond acceptors (Lipinski definition) is 6. The predicted molar refractivity (Wildman–Crippen MR) is 116 cm³/mol. The highest BCUT2D eigenvalue weighted by molar-refractivity contribution is 6.00. The van der Waals surface area contributed by atoms with Crippen LogP contribution in [-0.4, -0.2) is 40.0 Å². The van der Waals surface area contributed by atoms with Gasteiger partial charge >= 0.3 is 5.97 Å². The van der Waals surface area contributed by atoms with Gasteiger partial charge in [-0.2, -0.15) is 0 Å². The molecular formula is C22H22N4O5. The van der Waals surface area contributed by atoms with Crippen molar-refractivity contribution in [2.45, 2.75) is 19.8 Å². The van der Waals surface area contributed by atoms with E-state index in [1.54, 1.807) is 6.92 Å². The number of carbonyl (C=O) groups excluding carboxylic acids is 1. The van der Waals surface area contributed by atoms with Crippen molar-refractivity contribution >= 4 is 17.4 Å². The van der Waals surface area contributed by atoms with Gasteiger partial charge in [0.1, 0.15) is 0 Å². The van der Waals surface area contributed by atoms with Gasteiger partial charge in [0.15, 0.2) is 0 Å². The van der Waals surface area contributed by atoms with Crippen LogP contribution in [0.15, 0.2) is 64.4 Å². The van der Waals surface area contributed by atoms with Gasteiger partial charge in [0.25, 0.3) is 11.2 Å². The van der Waals surface area contributed by atoms with Crippen molar-refractivity contribution in [3.63, 3.8) is 0 Å². The molecule has 3 rings (SSSR count). The van der Waals surface area contributed by atoms with E-state index in [0.717, 1.165) is 5.56 Å². The van der Waals surface area contributed by atoms with Crippen LogP contribution in [-0.2, 0) is 22.4 Å². The summed E-state index contributed by atoms with van der Waals surface area (Å²) in [5.74, 6) is -0.504. The van der Waals surface area contributed by atoms with E-state index in [-0.39, 0.29) is 17.7 Å². The van der Waals surface area contributed by atoms with Gasteiger partial charge in [-0.05, 0) is 31.0 Å². The van der Waals surface area contributed by atoms with E-state index in [9.17, 15) is 19.7 Å². The number of carbonyl (C=O) groups is 1. The summed E-state index contributed by atoms with van der Waals surface area (Å²) in [5, 5.41) is 13.8. The van der Waals surface area contributed by atoms with Crippen LogP contribution in [0, 0.1) is 10.1 Å². The zero-order valence-corrected chi connectivity index (χ0v) is 17.2. The molecule has 2 aromatic carbocycles. The Labute approximate surface area is 178 Å². The van der Waals surface area contributed by atoms with E-state index in [2.05, 4.69) is 10.1 Å². The van der Waals surface area contributed by atoms with E-state index in [1.807, 2.05) is 30.3 Å². The van der Waals surface area contributed by atoms with Gasteiger partial charge in [-0.25, -0.2) is 4.68 Å². The first-order valence-corrected chi connectivity index (χ1v) is 9.61. The molecule has 9 heteroatoms. The number of rotatable bonds is 8. The molecule has 1 aromatic heterocycles. The highest BCUT2D eigenvalue weighted by atomic mass is 16.6. The molecule has 0 radical (unpaired) electrons. The van der Waals surface area contributed by atoms with E-state index < -0.39 is 16.5 Å². The van der Waals surface area contributed by atoms with Gasteiger partial charge in [-0.3, -0.25) is 29.8 Å². The quantitative estimate of drug-likeness (QED) is 0.259. The lowest BCUT2D eigenvalue weighted by Gasteiger charge is -2.02. The number of H-pyrrole nitrogens is 1. The summed E-state index contributed by atoms with van der Waals surface area (Å²) in [6.07, 6.45) is 0.581. The first kappa shape index (κ1) is 21.7. The predicted octanol–water partition coefficient (Wildman–Crippen LogP) is 2.84. The molecule has 3 aromatic rings. The number of aliphatic imine (C=N–C) groups is 1. The molecule has 0 aliphatic carbocycles. The maximum Gasteiger partial charge on any atom is 0.311 e. The number of hydrogen-bond donors (Lipinski definition) is 1. The third-order valence-corrected chi connectivity index (χ3v) is 4.79. The van der Waals surface area contributed by atoms with Crippen molar-refractivity contribution in [3.8, 4) is 5.69 Å². The Morgan fingerprint density at radius 3 is 2.45 bits per heavy atom. The number of aromatic amines is 1. The zero-order chi connectivity index (χ0) is 22.4. The Hall–Kier alpha value is -4.01. The molecule has 9 nitrogen and oxygen atoms in total. The average Bonchev–Trinajstić information content (AvgIpc) is 3.10. The molecule has 0 amide bonds. The number of non-ortho nitro benzene ring substituents is 1. The Bertz CT molecular complexity index is 1160. The summed E-state index contributed by atoms with van der Waals surface area (Å²) < 4.78 is 5.98. The van der Waals surface area contributed by atoms with Gasteiger partial charge < -0.3 is 4.74 Å². The molecule has 0 aliphatic heterocycles. The number of nitrogens with one attached hydrogen (secondary N) is 1. The Morgan fingerprint density at radius 2 is 1.84 bits per heavy atom. The number of aromatic nitrogens is 2. The molecule has 0 unspecified atom stereocenters. The number of methoxy groups -OCH3 is 1. The smallest absolute Gasteiger partial charge is 0.311 e. The highest BCUT2D eigenvalue weighted by Gasteiger charge is 2.20. The van der Waals surface area contributed by atoms with Crippen molar-refractivity contribution in [2.75, 3.05) is 13.7 Å². The number of nitrogens with zero attached hydrogens (tertiary/aromatic N) is 3. The molecule has 1 N–H and O–H groups in total. The first-order chi connectivity index (χ1) is 14.9. The second-order valence-corrected chi connectivity index (χ2v) is 6.84. The van der Waals surface area contributed by atoms with Crippen LogP contribution in [0.3, 0.4) is 0 Å². The SMILES string of the molecule is COC(=O)Cc1[nH]n(-c2ccc([N+](=O)[O-])cc2)c(=O)c1C(C)=NCCc1ccccc1. The summed E-state index contributed by atoms with van der Waals surface area (Å²) in [4.78, 5) is 39.9. The standard InChI is InChI=1S/C22H22N4O5/c1-15(23-13-12-16-6-4-3-5-7-16)21-19(14-20(27)31-2)24-25(22(21)28)17-8-10-18(11-9-17)26(29)30/h3-11,24H,12-14H2,1-2H3. The maximum absolute atomic E-state index is 13.1. The molecule has 0 atom stereocenters. The Morgan fingerprint density at radius 1 is 1.16 bits per heavy atom. The van der Waals surface area contributed by atoms with Gasteiger partial charge in [-0.1, -0.05) is 30.3 Å². The molecule has 0 saturated carbocycles. The summed E-state index contributed by atoms with van der Waals surface area (Å²) in [6.45, 7) is 2.20. The van der Waals surface area contributed by atoms with Crippen molar-refractivity contribution < 1.29 is 14.5 Å². The molecule has 160 valence electrons. The van der Waals surface area contributed by atoms with Gasteiger partial charge in [0.2, 0.25) is 0 Å². The minimum atomic E-state index is -0.515. The van der Waals surface area contributed by atoms with Crippen molar-refractivity contribution in [3.05, 3.63) is 91.9 Å². The second kappa shape index (κ2) is 9.66. The average molecular weight is 422 g/mol. The largest absolute Gasteiger partial charge is 0.469 e. The lowest BCUT2D eigenvalue weighted by molar-refractivity contribution is -0.384. The van der Waals surface area contributed by atoms with Crippen molar-refractivity contribution in [1.82, 2.24) is 9.78 Å². The van der Waals surface area contributed by atoms with E-state index >= 15 is 0 Å². The normalized spacial score (nSPS) is 11.4. The third kappa shape index (κ3) is 5.13. The third-order valence-electron chi connectivity index (χ3n) is 4.79. The van der Waals surface area contributed by atoms with Crippen LogP contribution in [0.25, 0.3) is 5.69 Å². The monoisotopic (exact) mass is 422 g/mol. The summed E-state index contributed by atoms with van der Waals surface area (Å²) >= 11 is 0. The van der Waals surface area contributed by atoms with E-state index in [0.29, 0.717) is 30.1 Å². The maximum atomic E-state index is 13.1. The van der Waals surface area contributed by atoms with E-state index in [4.69, 9.17) is 4.74 Å².